The topological polar surface area (TPSA) is 67.3 Å². The number of hydrogen-bond acceptors (Lipinski definition) is 5. The van der Waals surface area contributed by atoms with Crippen molar-refractivity contribution in [2.45, 2.75) is 45.3 Å². The Morgan fingerprint density at radius 2 is 2.04 bits per heavy atom. The number of nitrogens with one attached hydrogen (secondary N) is 1. The Balaban J connectivity index is 1.61. The lowest BCUT2D eigenvalue weighted by Crippen LogP contribution is -2.44. The van der Waals surface area contributed by atoms with Crippen LogP contribution >= 0.6 is 15.9 Å². The van der Waals surface area contributed by atoms with Crippen LogP contribution in [0.25, 0.3) is 10.9 Å². The van der Waals surface area contributed by atoms with Crippen molar-refractivity contribution in [1.29, 1.82) is 0 Å². The third kappa shape index (κ3) is 4.60. The predicted molar refractivity (Wildman–Crippen MR) is 102 cm³/mol. The summed E-state index contributed by atoms with van der Waals surface area (Å²) in [6.45, 7) is 6.76. The monoisotopic (exact) mass is 424 g/mol. The van der Waals surface area contributed by atoms with Crippen LogP contribution in [0.4, 0.5) is 15.1 Å². The summed E-state index contributed by atoms with van der Waals surface area (Å²) in [5.74, 6) is 0.00834. The zero-order chi connectivity index (χ0) is 18.9. The summed E-state index contributed by atoms with van der Waals surface area (Å²) in [5, 5.41) is 3.88. The number of aromatic nitrogens is 2. The van der Waals surface area contributed by atoms with E-state index in [-0.39, 0.29) is 23.5 Å². The van der Waals surface area contributed by atoms with Crippen LogP contribution in [0, 0.1) is 5.82 Å². The van der Waals surface area contributed by atoms with Crippen molar-refractivity contribution in [3.8, 4) is 0 Å². The summed E-state index contributed by atoms with van der Waals surface area (Å²) in [5.41, 5.74) is -0.207. The smallest absolute Gasteiger partial charge is 0.410 e. The summed E-state index contributed by atoms with van der Waals surface area (Å²) < 4.78 is 20.1. The van der Waals surface area contributed by atoms with E-state index >= 15 is 0 Å². The molecule has 0 spiro atoms. The lowest BCUT2D eigenvalue weighted by molar-refractivity contribution is 0.0210. The fourth-order valence-corrected chi connectivity index (χ4v) is 3.30. The van der Waals surface area contributed by atoms with Crippen molar-refractivity contribution in [2.75, 3.05) is 18.4 Å². The molecule has 0 bridgehead atoms. The Labute approximate surface area is 160 Å². The van der Waals surface area contributed by atoms with Crippen molar-refractivity contribution in [3.63, 3.8) is 0 Å². The van der Waals surface area contributed by atoms with E-state index in [1.54, 1.807) is 17.2 Å². The first-order valence-electron chi connectivity index (χ1n) is 8.57. The van der Waals surface area contributed by atoms with E-state index in [0.29, 0.717) is 28.9 Å². The van der Waals surface area contributed by atoms with Crippen molar-refractivity contribution >= 4 is 38.9 Å². The molecule has 1 amide bonds. The van der Waals surface area contributed by atoms with E-state index in [1.807, 2.05) is 20.8 Å². The molecule has 1 aromatic carbocycles. The second-order valence-corrected chi connectivity index (χ2v) is 8.32. The molecule has 3 rings (SSSR count). The lowest BCUT2D eigenvalue weighted by atomic mass is 10.1. The van der Waals surface area contributed by atoms with Gasteiger partial charge in [-0.3, -0.25) is 0 Å². The van der Waals surface area contributed by atoms with Gasteiger partial charge in [0.2, 0.25) is 5.95 Å². The number of carbonyl (C=O) groups is 1. The van der Waals surface area contributed by atoms with E-state index < -0.39 is 5.60 Å². The second kappa shape index (κ2) is 7.34. The summed E-state index contributed by atoms with van der Waals surface area (Å²) in [4.78, 5) is 22.4. The van der Waals surface area contributed by atoms with Gasteiger partial charge in [0, 0.05) is 35.2 Å². The molecule has 1 aliphatic heterocycles. The highest BCUT2D eigenvalue weighted by molar-refractivity contribution is 9.10. The second-order valence-electron chi connectivity index (χ2n) is 7.41. The molecule has 1 fully saturated rings. The van der Waals surface area contributed by atoms with Crippen LogP contribution in [0.15, 0.2) is 22.8 Å². The van der Waals surface area contributed by atoms with Crippen LogP contribution in [0.2, 0.25) is 0 Å². The lowest BCUT2D eigenvalue weighted by Gasteiger charge is -2.33. The van der Waals surface area contributed by atoms with Crippen LogP contribution in [-0.4, -0.2) is 45.7 Å². The Hall–Kier alpha value is -1.96. The number of nitrogens with zero attached hydrogens (tertiary/aromatic N) is 3. The first kappa shape index (κ1) is 18.8. The first-order chi connectivity index (χ1) is 12.2. The average molecular weight is 425 g/mol. The summed E-state index contributed by atoms with van der Waals surface area (Å²) in [7, 11) is 0. The van der Waals surface area contributed by atoms with Gasteiger partial charge >= 0.3 is 6.09 Å². The van der Waals surface area contributed by atoms with Crippen molar-refractivity contribution < 1.29 is 13.9 Å². The summed E-state index contributed by atoms with van der Waals surface area (Å²) in [6, 6.07) is 3.30. The van der Waals surface area contributed by atoms with Gasteiger partial charge in [0.15, 0.2) is 5.82 Å². The number of anilines is 1. The molecule has 8 heteroatoms. The third-order valence-electron chi connectivity index (χ3n) is 4.08. The number of halogens is 2. The summed E-state index contributed by atoms with van der Waals surface area (Å²) >= 11 is 3.26. The SMILES string of the molecule is CC(C)(C)OC(=O)N1CCC(Nc2ncc3cc(Br)cc(F)c3n2)CC1. The van der Waals surface area contributed by atoms with Gasteiger partial charge in [-0.1, -0.05) is 15.9 Å². The highest BCUT2D eigenvalue weighted by atomic mass is 79.9. The fraction of sp³-hybridized carbons (Fsp3) is 0.500. The largest absolute Gasteiger partial charge is 0.444 e. The molecule has 1 N–H and O–H groups in total. The molecular formula is C18H22BrFN4O2. The normalized spacial score (nSPS) is 16.0. The molecule has 1 aromatic heterocycles. The molecule has 1 aliphatic rings. The van der Waals surface area contributed by atoms with E-state index in [9.17, 15) is 9.18 Å². The Morgan fingerprint density at radius 3 is 2.69 bits per heavy atom. The molecule has 2 heterocycles. The van der Waals surface area contributed by atoms with Gasteiger partial charge in [-0.05, 0) is 45.7 Å². The minimum Gasteiger partial charge on any atom is -0.444 e. The number of piperidine rings is 1. The molecular weight excluding hydrogens is 403 g/mol. The van der Waals surface area contributed by atoms with Gasteiger partial charge in [0.05, 0.1) is 0 Å². The maximum atomic E-state index is 14.1. The van der Waals surface area contributed by atoms with Gasteiger partial charge in [-0.2, -0.15) is 0 Å². The number of amides is 1. The van der Waals surface area contributed by atoms with Gasteiger partial charge in [-0.15, -0.1) is 0 Å². The van der Waals surface area contributed by atoms with Crippen molar-refractivity contribution in [3.05, 3.63) is 28.6 Å². The molecule has 0 saturated carbocycles. The highest BCUT2D eigenvalue weighted by Gasteiger charge is 2.27. The summed E-state index contributed by atoms with van der Waals surface area (Å²) in [6.07, 6.45) is 2.83. The van der Waals surface area contributed by atoms with Gasteiger partial charge < -0.3 is 15.0 Å². The van der Waals surface area contributed by atoms with Gasteiger partial charge in [0.1, 0.15) is 11.1 Å². The minimum atomic E-state index is -0.496. The third-order valence-corrected chi connectivity index (χ3v) is 4.54. The number of hydrogen-bond donors (Lipinski definition) is 1. The first-order valence-corrected chi connectivity index (χ1v) is 9.37. The van der Waals surface area contributed by atoms with E-state index in [4.69, 9.17) is 4.74 Å². The molecule has 26 heavy (non-hydrogen) atoms. The van der Waals surface area contributed by atoms with Crippen LogP contribution in [0.3, 0.4) is 0 Å². The van der Waals surface area contributed by atoms with E-state index in [0.717, 1.165) is 12.8 Å². The number of carbonyl (C=O) groups excluding carboxylic acids is 1. The predicted octanol–water partition coefficient (Wildman–Crippen LogP) is 4.34. The zero-order valence-corrected chi connectivity index (χ0v) is 16.6. The minimum absolute atomic E-state index is 0.129. The molecule has 6 nitrogen and oxygen atoms in total. The molecule has 2 aromatic rings. The molecule has 1 saturated heterocycles. The van der Waals surface area contributed by atoms with Crippen LogP contribution in [0.1, 0.15) is 33.6 Å². The number of likely N-dealkylation sites (tertiary alicyclic amines) is 1. The Bertz CT molecular complexity index is 817. The fourth-order valence-electron chi connectivity index (χ4n) is 2.85. The van der Waals surface area contributed by atoms with Gasteiger partial charge in [0.25, 0.3) is 0 Å². The van der Waals surface area contributed by atoms with E-state index in [2.05, 4.69) is 31.2 Å². The quantitative estimate of drug-likeness (QED) is 0.776. The van der Waals surface area contributed by atoms with Crippen LogP contribution in [0.5, 0.6) is 0 Å². The van der Waals surface area contributed by atoms with Crippen LogP contribution in [-0.2, 0) is 4.74 Å². The van der Waals surface area contributed by atoms with Gasteiger partial charge in [-0.25, -0.2) is 19.2 Å². The molecule has 0 radical (unpaired) electrons. The van der Waals surface area contributed by atoms with E-state index in [1.165, 1.54) is 6.07 Å². The molecule has 0 aliphatic carbocycles. The van der Waals surface area contributed by atoms with Crippen molar-refractivity contribution in [1.82, 2.24) is 14.9 Å². The molecule has 0 atom stereocenters. The number of ether oxygens (including phenoxy) is 1. The standard InChI is InChI=1S/C18H22BrFN4O2/c1-18(2,3)26-17(25)24-6-4-13(5-7-24)22-16-21-10-11-8-12(19)9-14(20)15(11)23-16/h8-10,13H,4-7H2,1-3H3,(H,21,22,23). The number of benzene rings is 1. The number of rotatable bonds is 2. The molecule has 0 unspecified atom stereocenters. The van der Waals surface area contributed by atoms with Crippen LogP contribution < -0.4 is 5.32 Å². The highest BCUT2D eigenvalue weighted by Crippen LogP contribution is 2.23. The zero-order valence-electron chi connectivity index (χ0n) is 15.1. The average Bonchev–Trinajstić information content (AvgIpc) is 2.54. The Morgan fingerprint density at radius 1 is 1.35 bits per heavy atom. The maximum Gasteiger partial charge on any atom is 0.410 e. The maximum absolute atomic E-state index is 14.1. The van der Waals surface area contributed by atoms with Crippen molar-refractivity contribution in [2.24, 2.45) is 0 Å². The number of fused-ring (bicyclic) bond motifs is 1. The molecule has 140 valence electrons. The Kier molecular flexibility index (Phi) is 5.32.